The van der Waals surface area contributed by atoms with Gasteiger partial charge in [0.1, 0.15) is 0 Å². The van der Waals surface area contributed by atoms with Crippen molar-refractivity contribution in [3.8, 4) is 0 Å². The number of piperidine rings is 1. The highest BCUT2D eigenvalue weighted by molar-refractivity contribution is 9.10. The summed E-state index contributed by atoms with van der Waals surface area (Å²) in [6, 6.07) is 7.88. The molecule has 0 spiro atoms. The molecule has 0 unspecified atom stereocenters. The molecule has 1 aliphatic rings. The summed E-state index contributed by atoms with van der Waals surface area (Å²) in [5.41, 5.74) is 1.09. The van der Waals surface area contributed by atoms with E-state index in [0.29, 0.717) is 6.54 Å². The number of halogens is 1. The molecule has 5 heteroatoms. The summed E-state index contributed by atoms with van der Waals surface area (Å²) in [7, 11) is 0. The molecule has 1 aromatic carbocycles. The van der Waals surface area contributed by atoms with Gasteiger partial charge in [-0.15, -0.1) is 0 Å². The topological polar surface area (TPSA) is 44.4 Å². The van der Waals surface area contributed by atoms with Crippen molar-refractivity contribution in [3.05, 3.63) is 34.3 Å². The van der Waals surface area contributed by atoms with E-state index in [0.717, 1.165) is 41.9 Å². The monoisotopic (exact) mass is 381 g/mol. The number of amides is 2. The van der Waals surface area contributed by atoms with E-state index in [1.165, 1.54) is 25.9 Å². The summed E-state index contributed by atoms with van der Waals surface area (Å²) in [5.74, 6) is 0.891. The number of hydrogen-bond donors (Lipinski definition) is 2. The maximum atomic E-state index is 11.8. The standard InChI is InChI=1S/C18H28BrN3O/c1-15-7-11-22(12-8-15)10-3-2-9-20-18(23)21-14-16-5-4-6-17(19)13-16/h4-6,13,15H,2-3,7-12,14H2,1H3,(H2,20,21,23). The Morgan fingerprint density at radius 1 is 1.26 bits per heavy atom. The third-order valence-corrected chi connectivity index (χ3v) is 4.90. The fourth-order valence-electron chi connectivity index (χ4n) is 2.84. The fourth-order valence-corrected chi connectivity index (χ4v) is 3.29. The van der Waals surface area contributed by atoms with Gasteiger partial charge in [-0.25, -0.2) is 4.79 Å². The van der Waals surface area contributed by atoms with Crippen LogP contribution in [0.2, 0.25) is 0 Å². The van der Waals surface area contributed by atoms with Crippen molar-refractivity contribution in [2.24, 2.45) is 5.92 Å². The van der Waals surface area contributed by atoms with E-state index in [2.05, 4.69) is 38.4 Å². The second-order valence-corrected chi connectivity index (χ2v) is 7.39. The minimum atomic E-state index is -0.0863. The minimum Gasteiger partial charge on any atom is -0.338 e. The zero-order valence-electron chi connectivity index (χ0n) is 14.0. The van der Waals surface area contributed by atoms with Crippen molar-refractivity contribution in [2.45, 2.75) is 39.2 Å². The van der Waals surface area contributed by atoms with Crippen LogP contribution in [-0.4, -0.2) is 37.1 Å². The lowest BCUT2D eigenvalue weighted by molar-refractivity contribution is 0.189. The van der Waals surface area contributed by atoms with Crippen molar-refractivity contribution in [2.75, 3.05) is 26.2 Å². The zero-order valence-corrected chi connectivity index (χ0v) is 15.6. The maximum absolute atomic E-state index is 11.8. The second kappa shape index (κ2) is 9.93. The average molecular weight is 382 g/mol. The maximum Gasteiger partial charge on any atom is 0.315 e. The van der Waals surface area contributed by atoms with Gasteiger partial charge in [0, 0.05) is 17.6 Å². The van der Waals surface area contributed by atoms with Gasteiger partial charge >= 0.3 is 6.03 Å². The predicted octanol–water partition coefficient (Wildman–Crippen LogP) is 3.76. The highest BCUT2D eigenvalue weighted by atomic mass is 79.9. The third-order valence-electron chi connectivity index (χ3n) is 4.41. The molecule has 0 atom stereocenters. The van der Waals surface area contributed by atoms with E-state index >= 15 is 0 Å². The molecular weight excluding hydrogens is 354 g/mol. The number of unbranched alkanes of at least 4 members (excludes halogenated alkanes) is 1. The molecule has 2 rings (SSSR count). The quantitative estimate of drug-likeness (QED) is 0.706. The molecule has 1 aromatic rings. The molecule has 1 saturated heterocycles. The van der Waals surface area contributed by atoms with Crippen LogP contribution in [0.5, 0.6) is 0 Å². The van der Waals surface area contributed by atoms with Crippen LogP contribution >= 0.6 is 15.9 Å². The second-order valence-electron chi connectivity index (χ2n) is 6.47. The molecule has 4 nitrogen and oxygen atoms in total. The van der Waals surface area contributed by atoms with Gasteiger partial charge in [-0.05, 0) is 68.9 Å². The molecule has 0 saturated carbocycles. The Labute approximate surface area is 148 Å². The Morgan fingerprint density at radius 3 is 2.78 bits per heavy atom. The fraction of sp³-hybridized carbons (Fsp3) is 0.611. The summed E-state index contributed by atoms with van der Waals surface area (Å²) >= 11 is 3.43. The molecule has 0 radical (unpaired) electrons. The van der Waals surface area contributed by atoms with E-state index in [1.54, 1.807) is 0 Å². The van der Waals surface area contributed by atoms with Crippen LogP contribution in [0.4, 0.5) is 4.79 Å². The predicted molar refractivity (Wildman–Crippen MR) is 98.5 cm³/mol. The van der Waals surface area contributed by atoms with E-state index in [4.69, 9.17) is 0 Å². The molecule has 1 fully saturated rings. The van der Waals surface area contributed by atoms with Crippen LogP contribution in [0, 0.1) is 5.92 Å². The van der Waals surface area contributed by atoms with Gasteiger partial charge in [-0.2, -0.15) is 0 Å². The summed E-state index contributed by atoms with van der Waals surface area (Å²) in [6.45, 7) is 7.28. The van der Waals surface area contributed by atoms with Crippen molar-refractivity contribution in [3.63, 3.8) is 0 Å². The van der Waals surface area contributed by atoms with Crippen molar-refractivity contribution < 1.29 is 4.79 Å². The minimum absolute atomic E-state index is 0.0863. The number of carbonyl (C=O) groups is 1. The SMILES string of the molecule is CC1CCN(CCCCNC(=O)NCc2cccc(Br)c2)CC1. The van der Waals surface area contributed by atoms with Crippen LogP contribution in [0.25, 0.3) is 0 Å². The van der Waals surface area contributed by atoms with E-state index in [1.807, 2.05) is 24.3 Å². The normalized spacial score (nSPS) is 16.3. The van der Waals surface area contributed by atoms with Crippen LogP contribution < -0.4 is 10.6 Å². The first-order valence-electron chi connectivity index (χ1n) is 8.62. The van der Waals surface area contributed by atoms with Gasteiger partial charge < -0.3 is 15.5 Å². The van der Waals surface area contributed by atoms with Crippen LogP contribution in [0.15, 0.2) is 28.7 Å². The first kappa shape index (κ1) is 18.3. The molecule has 23 heavy (non-hydrogen) atoms. The van der Waals surface area contributed by atoms with Gasteiger partial charge in [0.25, 0.3) is 0 Å². The van der Waals surface area contributed by atoms with Gasteiger partial charge in [-0.1, -0.05) is 35.0 Å². The molecule has 0 bridgehead atoms. The highest BCUT2D eigenvalue weighted by Gasteiger charge is 2.14. The molecule has 1 heterocycles. The third kappa shape index (κ3) is 7.36. The first-order chi connectivity index (χ1) is 11.1. The van der Waals surface area contributed by atoms with Crippen molar-refractivity contribution >= 4 is 22.0 Å². The summed E-state index contributed by atoms with van der Waals surface area (Å²) in [6.07, 6.45) is 4.85. The smallest absolute Gasteiger partial charge is 0.315 e. The number of urea groups is 1. The lowest BCUT2D eigenvalue weighted by Crippen LogP contribution is -2.36. The van der Waals surface area contributed by atoms with E-state index in [9.17, 15) is 4.79 Å². The Balaban J connectivity index is 1.50. The molecule has 128 valence electrons. The Kier molecular flexibility index (Phi) is 7.89. The zero-order chi connectivity index (χ0) is 16.5. The van der Waals surface area contributed by atoms with Crippen LogP contribution in [-0.2, 0) is 6.54 Å². The largest absolute Gasteiger partial charge is 0.338 e. The summed E-state index contributed by atoms with van der Waals surface area (Å²) in [4.78, 5) is 14.3. The first-order valence-corrected chi connectivity index (χ1v) is 9.41. The molecule has 2 amide bonds. The van der Waals surface area contributed by atoms with Crippen LogP contribution in [0.1, 0.15) is 38.2 Å². The van der Waals surface area contributed by atoms with Gasteiger partial charge in [0.05, 0.1) is 0 Å². The van der Waals surface area contributed by atoms with Gasteiger partial charge in [0.2, 0.25) is 0 Å². The Bertz CT molecular complexity index is 487. The summed E-state index contributed by atoms with van der Waals surface area (Å²) < 4.78 is 1.03. The van der Waals surface area contributed by atoms with Gasteiger partial charge in [-0.3, -0.25) is 0 Å². The van der Waals surface area contributed by atoms with E-state index < -0.39 is 0 Å². The Morgan fingerprint density at radius 2 is 2.04 bits per heavy atom. The lowest BCUT2D eigenvalue weighted by Gasteiger charge is -2.30. The number of benzene rings is 1. The molecular formula is C18H28BrN3O. The van der Waals surface area contributed by atoms with Crippen molar-refractivity contribution in [1.82, 2.24) is 15.5 Å². The highest BCUT2D eigenvalue weighted by Crippen LogP contribution is 2.16. The molecule has 0 aromatic heterocycles. The Hall–Kier alpha value is -1.07. The molecule has 0 aliphatic carbocycles. The van der Waals surface area contributed by atoms with Crippen molar-refractivity contribution in [1.29, 1.82) is 0 Å². The molecule has 2 N–H and O–H groups in total. The average Bonchev–Trinajstić information content (AvgIpc) is 2.54. The van der Waals surface area contributed by atoms with E-state index in [-0.39, 0.29) is 6.03 Å². The number of hydrogen-bond acceptors (Lipinski definition) is 2. The number of nitrogens with zero attached hydrogens (tertiary/aromatic N) is 1. The van der Waals surface area contributed by atoms with Gasteiger partial charge in [0.15, 0.2) is 0 Å². The number of likely N-dealkylation sites (tertiary alicyclic amines) is 1. The number of carbonyl (C=O) groups excluding carboxylic acids is 1. The molecule has 1 aliphatic heterocycles. The number of nitrogens with one attached hydrogen (secondary N) is 2. The summed E-state index contributed by atoms with van der Waals surface area (Å²) in [5, 5.41) is 5.82. The lowest BCUT2D eigenvalue weighted by atomic mass is 9.99. The van der Waals surface area contributed by atoms with Crippen LogP contribution in [0.3, 0.4) is 0 Å². The number of rotatable bonds is 7.